The van der Waals surface area contributed by atoms with Crippen LogP contribution in [0.5, 0.6) is 0 Å². The van der Waals surface area contributed by atoms with Gasteiger partial charge in [0.05, 0.1) is 43.9 Å². The number of carbonyl (C=O) groups is 2. The van der Waals surface area contributed by atoms with Gasteiger partial charge >= 0.3 is 12.1 Å². The van der Waals surface area contributed by atoms with Gasteiger partial charge in [0.15, 0.2) is 0 Å². The first kappa shape index (κ1) is 36.2. The van der Waals surface area contributed by atoms with Crippen LogP contribution in [-0.4, -0.2) is 95.8 Å². The van der Waals surface area contributed by atoms with Gasteiger partial charge in [-0.3, -0.25) is 0 Å². The predicted molar refractivity (Wildman–Crippen MR) is 169 cm³/mol. The number of anilines is 1. The smallest absolute Gasteiger partial charge is 0.407 e. The van der Waals surface area contributed by atoms with Gasteiger partial charge in [-0.05, 0) is 48.6 Å². The number of sulfonamides is 1. The number of amides is 1. The third-order valence-corrected chi connectivity index (χ3v) is 8.75. The van der Waals surface area contributed by atoms with Crippen molar-refractivity contribution in [1.29, 1.82) is 0 Å². The van der Waals surface area contributed by atoms with Crippen molar-refractivity contribution >= 4 is 27.8 Å². The van der Waals surface area contributed by atoms with E-state index in [9.17, 15) is 18.0 Å². The van der Waals surface area contributed by atoms with Crippen molar-refractivity contribution in [2.24, 2.45) is 5.92 Å². The summed E-state index contributed by atoms with van der Waals surface area (Å²) in [5.74, 6) is -0.772. The number of hydrogen-bond donors (Lipinski definition) is 2. The van der Waals surface area contributed by atoms with Crippen molar-refractivity contribution in [3.8, 4) is 0 Å². The lowest BCUT2D eigenvalue weighted by Crippen LogP contribution is -2.53. The van der Waals surface area contributed by atoms with Gasteiger partial charge in [-0.1, -0.05) is 51.1 Å². The Morgan fingerprint density at radius 3 is 2.38 bits per heavy atom. The second-order valence-electron chi connectivity index (χ2n) is 11.3. The molecule has 3 unspecified atom stereocenters. The number of hydrogen-bond acceptors (Lipinski definition) is 10. The molecule has 3 N–H and O–H groups in total. The van der Waals surface area contributed by atoms with Crippen LogP contribution in [0.15, 0.2) is 59.5 Å². The minimum absolute atomic E-state index is 0.0473. The average Bonchev–Trinajstić information content (AvgIpc) is 3.51. The minimum Gasteiger partial charge on any atom is -0.457 e. The first-order valence-electron chi connectivity index (χ1n) is 15.4. The molecule has 1 saturated heterocycles. The van der Waals surface area contributed by atoms with Gasteiger partial charge in [-0.25, -0.2) is 18.0 Å². The number of nitrogens with one attached hydrogen (secondary N) is 1. The Labute approximate surface area is 266 Å². The zero-order valence-electron chi connectivity index (χ0n) is 26.4. The third kappa shape index (κ3) is 12.6. The number of ether oxygens (including phenoxy) is 5. The molecule has 2 aromatic rings. The molecule has 250 valence electrons. The molecule has 3 rings (SSSR count). The highest BCUT2D eigenvalue weighted by atomic mass is 32.2. The molecule has 1 fully saturated rings. The molecule has 12 nitrogen and oxygen atoms in total. The second-order valence-corrected chi connectivity index (χ2v) is 13.2. The summed E-state index contributed by atoms with van der Waals surface area (Å²) in [5, 5.41) is 2.85. The number of esters is 1. The lowest BCUT2D eigenvalue weighted by atomic mass is 10.0. The fourth-order valence-electron chi connectivity index (χ4n) is 4.72. The lowest BCUT2D eigenvalue weighted by Gasteiger charge is -2.33. The number of nitrogen functional groups attached to an aromatic ring is 1. The van der Waals surface area contributed by atoms with E-state index >= 15 is 0 Å². The van der Waals surface area contributed by atoms with Gasteiger partial charge in [-0.15, -0.1) is 0 Å². The van der Waals surface area contributed by atoms with Gasteiger partial charge in [0, 0.05) is 25.3 Å². The quantitative estimate of drug-likeness (QED) is 0.131. The van der Waals surface area contributed by atoms with E-state index in [0.717, 1.165) is 12.0 Å². The molecule has 1 aliphatic rings. The van der Waals surface area contributed by atoms with Crippen LogP contribution in [-0.2, 0) is 44.9 Å². The van der Waals surface area contributed by atoms with E-state index in [4.69, 9.17) is 29.4 Å². The molecular weight excluding hydrogens is 602 g/mol. The number of alkyl carbamates (subject to hydrolysis) is 1. The first-order valence-corrected chi connectivity index (χ1v) is 16.8. The summed E-state index contributed by atoms with van der Waals surface area (Å²) in [6.07, 6.45) is -0.563. The van der Waals surface area contributed by atoms with Crippen LogP contribution in [0.1, 0.15) is 39.2 Å². The zero-order chi connectivity index (χ0) is 32.7. The first-order chi connectivity index (χ1) is 21.6. The highest BCUT2D eigenvalue weighted by molar-refractivity contribution is 7.89. The van der Waals surface area contributed by atoms with Crippen LogP contribution in [0.25, 0.3) is 0 Å². The van der Waals surface area contributed by atoms with Crippen LogP contribution in [0.3, 0.4) is 0 Å². The zero-order valence-corrected chi connectivity index (χ0v) is 27.2. The van der Waals surface area contributed by atoms with Crippen LogP contribution in [0.2, 0.25) is 0 Å². The molecule has 0 spiro atoms. The number of nitrogens with two attached hydrogens (primary N) is 1. The van der Waals surface area contributed by atoms with Crippen LogP contribution < -0.4 is 11.1 Å². The number of benzene rings is 2. The Morgan fingerprint density at radius 1 is 1.02 bits per heavy atom. The van der Waals surface area contributed by atoms with Crippen LogP contribution in [0, 0.1) is 5.92 Å². The van der Waals surface area contributed by atoms with Crippen molar-refractivity contribution in [2.45, 2.75) is 63.2 Å². The molecular formula is C32H47N3O9S. The van der Waals surface area contributed by atoms with Crippen molar-refractivity contribution in [2.75, 3.05) is 58.5 Å². The molecule has 0 aliphatic carbocycles. The maximum absolute atomic E-state index is 13.9. The normalized spacial score (nSPS) is 16.4. The highest BCUT2D eigenvalue weighted by Gasteiger charge is 2.35. The maximum Gasteiger partial charge on any atom is 0.407 e. The monoisotopic (exact) mass is 649 g/mol. The predicted octanol–water partition coefficient (Wildman–Crippen LogP) is 3.40. The van der Waals surface area contributed by atoms with E-state index in [-0.39, 0.29) is 50.1 Å². The second kappa shape index (κ2) is 18.7. The SMILES string of the molecule is CCCOCCOCC(=O)OC(CN(CC(C)C)S(=O)(=O)c1ccc(N)cc1)C(Cc1ccccc1)NC(=O)OC1CCOC1. The maximum atomic E-state index is 13.9. The summed E-state index contributed by atoms with van der Waals surface area (Å²) in [7, 11) is -4.05. The molecule has 1 amide bonds. The molecule has 3 atom stereocenters. The summed E-state index contributed by atoms with van der Waals surface area (Å²) < 4.78 is 56.8. The van der Waals surface area contributed by atoms with E-state index in [1.807, 2.05) is 51.1 Å². The van der Waals surface area contributed by atoms with E-state index in [1.165, 1.54) is 28.6 Å². The Balaban J connectivity index is 1.90. The molecule has 2 aromatic carbocycles. The minimum atomic E-state index is -4.05. The van der Waals surface area contributed by atoms with Gasteiger partial charge in [0.25, 0.3) is 0 Å². The third-order valence-electron chi connectivity index (χ3n) is 6.91. The van der Waals surface area contributed by atoms with Gasteiger partial charge < -0.3 is 34.7 Å². The van der Waals surface area contributed by atoms with Crippen molar-refractivity contribution in [3.05, 3.63) is 60.2 Å². The molecule has 0 aromatic heterocycles. The molecule has 13 heteroatoms. The fraction of sp³-hybridized carbons (Fsp3) is 0.562. The molecule has 0 radical (unpaired) electrons. The Morgan fingerprint density at radius 2 is 1.73 bits per heavy atom. The van der Waals surface area contributed by atoms with E-state index < -0.39 is 40.3 Å². The summed E-state index contributed by atoms with van der Waals surface area (Å²) in [5.41, 5.74) is 7.08. The molecule has 0 bridgehead atoms. The highest BCUT2D eigenvalue weighted by Crippen LogP contribution is 2.22. The van der Waals surface area contributed by atoms with E-state index in [0.29, 0.717) is 31.9 Å². The average molecular weight is 650 g/mol. The molecule has 1 heterocycles. The lowest BCUT2D eigenvalue weighted by molar-refractivity contribution is -0.157. The number of carbonyl (C=O) groups excluding carboxylic acids is 2. The summed E-state index contributed by atoms with van der Waals surface area (Å²) >= 11 is 0. The summed E-state index contributed by atoms with van der Waals surface area (Å²) in [4.78, 5) is 26.2. The fourth-order valence-corrected chi connectivity index (χ4v) is 6.34. The van der Waals surface area contributed by atoms with Crippen LogP contribution >= 0.6 is 0 Å². The Hall–Kier alpha value is -3.23. The van der Waals surface area contributed by atoms with E-state index in [2.05, 4.69) is 5.32 Å². The van der Waals surface area contributed by atoms with Crippen molar-refractivity contribution < 1.29 is 41.7 Å². The molecule has 1 aliphatic heterocycles. The number of nitrogens with zero attached hydrogens (tertiary/aromatic N) is 1. The molecule has 45 heavy (non-hydrogen) atoms. The topological polar surface area (TPSA) is 156 Å². The molecule has 0 saturated carbocycles. The van der Waals surface area contributed by atoms with Gasteiger partial charge in [0.1, 0.15) is 18.8 Å². The summed E-state index contributed by atoms with van der Waals surface area (Å²) in [6.45, 7) is 7.17. The standard InChI is InChI=1S/C32H47N3O9S/c1-4-15-40-17-18-42-23-31(36)44-30(21-35(20-24(2)3)45(38,39)28-12-10-26(33)11-13-28)29(19-25-8-6-5-7-9-25)34-32(37)43-27-14-16-41-22-27/h5-13,24,27,29-30H,4,14-23,33H2,1-3H3,(H,34,37). The van der Waals surface area contributed by atoms with Crippen molar-refractivity contribution in [1.82, 2.24) is 9.62 Å². The van der Waals surface area contributed by atoms with Crippen molar-refractivity contribution in [3.63, 3.8) is 0 Å². The largest absolute Gasteiger partial charge is 0.457 e. The Kier molecular flexibility index (Phi) is 15.0. The summed E-state index contributed by atoms with van der Waals surface area (Å²) in [6, 6.07) is 14.4. The van der Waals surface area contributed by atoms with Gasteiger partial charge in [-0.2, -0.15) is 4.31 Å². The number of rotatable bonds is 19. The Bertz CT molecular complexity index is 1270. The van der Waals surface area contributed by atoms with Crippen LogP contribution in [0.4, 0.5) is 10.5 Å². The van der Waals surface area contributed by atoms with E-state index in [1.54, 1.807) is 0 Å². The van der Waals surface area contributed by atoms with Gasteiger partial charge in [0.2, 0.25) is 10.0 Å².